The summed E-state index contributed by atoms with van der Waals surface area (Å²) in [6, 6.07) is 5.53. The number of carbonyl (C=O) groups is 3. The summed E-state index contributed by atoms with van der Waals surface area (Å²) in [5.41, 5.74) is 4.53. The van der Waals surface area contributed by atoms with Crippen molar-refractivity contribution in [2.24, 2.45) is 7.05 Å². The lowest BCUT2D eigenvalue weighted by molar-refractivity contribution is -0.136. The third kappa shape index (κ3) is 3.07. The summed E-state index contributed by atoms with van der Waals surface area (Å²) in [7, 11) is 1.93. The number of aryl methyl sites for hydroxylation is 2. The van der Waals surface area contributed by atoms with E-state index in [-0.39, 0.29) is 30.2 Å². The maximum Gasteiger partial charge on any atom is 0.255 e. The molecule has 4 heterocycles. The molecule has 2 atom stereocenters. The molecule has 31 heavy (non-hydrogen) atoms. The van der Waals surface area contributed by atoms with E-state index in [0.29, 0.717) is 25.1 Å². The molecule has 0 aliphatic carbocycles. The number of fused-ring (bicyclic) bond motifs is 2. The fourth-order valence-corrected chi connectivity index (χ4v) is 4.99. The summed E-state index contributed by atoms with van der Waals surface area (Å²) in [6.07, 6.45) is 0.622. The van der Waals surface area contributed by atoms with Crippen LogP contribution in [0.2, 0.25) is 0 Å². The summed E-state index contributed by atoms with van der Waals surface area (Å²) in [6.45, 7) is 5.90. The molecule has 2 N–H and O–H groups in total. The predicted molar refractivity (Wildman–Crippen MR) is 115 cm³/mol. The van der Waals surface area contributed by atoms with E-state index >= 15 is 0 Å². The predicted octanol–water partition coefficient (Wildman–Crippen LogP) is 1.31. The minimum Gasteiger partial charge on any atom is -0.378 e. The number of imide groups is 1. The van der Waals surface area contributed by atoms with Crippen LogP contribution in [0.3, 0.4) is 0 Å². The molecule has 9 heteroatoms. The van der Waals surface area contributed by atoms with Gasteiger partial charge in [-0.05, 0) is 31.4 Å². The first-order valence-electron chi connectivity index (χ1n) is 10.6. The number of nitrogens with zero attached hydrogens (tertiary/aromatic N) is 4. The highest BCUT2D eigenvalue weighted by atomic mass is 16.2. The van der Waals surface area contributed by atoms with Crippen LogP contribution < -0.4 is 15.5 Å². The molecule has 0 radical (unpaired) electrons. The van der Waals surface area contributed by atoms with E-state index in [9.17, 15) is 14.4 Å². The van der Waals surface area contributed by atoms with E-state index in [1.165, 1.54) is 0 Å². The average molecular weight is 422 g/mol. The fourth-order valence-electron chi connectivity index (χ4n) is 4.99. The van der Waals surface area contributed by atoms with Crippen LogP contribution in [-0.2, 0) is 29.7 Å². The molecule has 3 aliphatic rings. The number of hydrogen-bond donors (Lipinski definition) is 2. The molecule has 5 rings (SSSR count). The van der Waals surface area contributed by atoms with Crippen LogP contribution in [0.25, 0.3) is 0 Å². The summed E-state index contributed by atoms with van der Waals surface area (Å²) in [4.78, 5) is 41.2. The zero-order valence-corrected chi connectivity index (χ0v) is 17.9. The third-order valence-corrected chi connectivity index (χ3v) is 6.55. The molecule has 162 valence electrons. The van der Waals surface area contributed by atoms with Crippen molar-refractivity contribution in [3.8, 4) is 0 Å². The van der Waals surface area contributed by atoms with Gasteiger partial charge >= 0.3 is 0 Å². The van der Waals surface area contributed by atoms with Crippen LogP contribution in [0.1, 0.15) is 46.9 Å². The molecule has 3 aliphatic heterocycles. The zero-order valence-electron chi connectivity index (χ0n) is 17.9. The molecular formula is C22H26N6O3. The Hall–Kier alpha value is -3.36. The lowest BCUT2D eigenvalue weighted by Gasteiger charge is -2.36. The van der Waals surface area contributed by atoms with E-state index in [0.717, 1.165) is 34.9 Å². The maximum atomic E-state index is 13.4. The van der Waals surface area contributed by atoms with Crippen molar-refractivity contribution in [3.63, 3.8) is 0 Å². The Balaban J connectivity index is 1.46. The number of rotatable bonds is 3. The van der Waals surface area contributed by atoms with E-state index in [4.69, 9.17) is 0 Å². The second-order valence-corrected chi connectivity index (χ2v) is 8.62. The van der Waals surface area contributed by atoms with Crippen molar-refractivity contribution < 1.29 is 14.4 Å². The molecule has 0 saturated carbocycles. The van der Waals surface area contributed by atoms with Gasteiger partial charge < -0.3 is 15.1 Å². The zero-order chi connectivity index (χ0) is 21.9. The van der Waals surface area contributed by atoms with Crippen LogP contribution in [-0.4, -0.2) is 51.0 Å². The van der Waals surface area contributed by atoms with Crippen LogP contribution in [0, 0.1) is 6.92 Å². The largest absolute Gasteiger partial charge is 0.378 e. The Morgan fingerprint density at radius 3 is 2.81 bits per heavy atom. The van der Waals surface area contributed by atoms with Crippen molar-refractivity contribution in [1.29, 1.82) is 0 Å². The molecule has 0 bridgehead atoms. The minimum atomic E-state index is -0.602. The summed E-state index contributed by atoms with van der Waals surface area (Å²) >= 11 is 0. The molecule has 3 amide bonds. The number of anilines is 2. The number of piperidine rings is 1. The Kier molecular flexibility index (Phi) is 4.49. The number of carbonyl (C=O) groups excluding carboxylic acids is 3. The third-order valence-electron chi connectivity index (χ3n) is 6.55. The van der Waals surface area contributed by atoms with Gasteiger partial charge in [0.25, 0.3) is 5.91 Å². The molecular weight excluding hydrogens is 396 g/mol. The maximum absolute atomic E-state index is 13.4. The molecule has 1 aromatic carbocycles. The van der Waals surface area contributed by atoms with Crippen LogP contribution >= 0.6 is 0 Å². The van der Waals surface area contributed by atoms with Crippen LogP contribution in [0.5, 0.6) is 0 Å². The number of amides is 3. The van der Waals surface area contributed by atoms with Crippen molar-refractivity contribution in [3.05, 3.63) is 40.6 Å². The van der Waals surface area contributed by atoms with E-state index in [1.807, 2.05) is 36.9 Å². The Labute approximate surface area is 180 Å². The monoisotopic (exact) mass is 422 g/mol. The number of benzene rings is 1. The first kappa shape index (κ1) is 19.6. The van der Waals surface area contributed by atoms with Gasteiger partial charge in [-0.2, -0.15) is 5.10 Å². The lowest BCUT2D eigenvalue weighted by Crippen LogP contribution is -2.52. The summed E-state index contributed by atoms with van der Waals surface area (Å²) in [5, 5.41) is 10.4. The van der Waals surface area contributed by atoms with Crippen molar-refractivity contribution in [2.75, 3.05) is 16.8 Å². The van der Waals surface area contributed by atoms with Gasteiger partial charge in [-0.15, -0.1) is 0 Å². The topological polar surface area (TPSA) is 99.6 Å². The quantitative estimate of drug-likeness (QED) is 0.724. The SMILES string of the molecule is Cc1nn(C)c2c1NCC(C)N2Cc1cccc2c1C(=O)N(C1CCC(=O)NC1=O)C2. The second kappa shape index (κ2) is 7.11. The molecule has 0 spiro atoms. The Morgan fingerprint density at radius 2 is 2.03 bits per heavy atom. The van der Waals surface area contributed by atoms with E-state index < -0.39 is 6.04 Å². The van der Waals surface area contributed by atoms with Gasteiger partial charge in [-0.3, -0.25) is 24.4 Å². The van der Waals surface area contributed by atoms with Gasteiger partial charge in [0.15, 0.2) is 5.82 Å². The van der Waals surface area contributed by atoms with Crippen molar-refractivity contribution >= 4 is 29.2 Å². The number of hydrogen-bond acceptors (Lipinski definition) is 6. The van der Waals surface area contributed by atoms with Gasteiger partial charge in [0, 0.05) is 44.7 Å². The van der Waals surface area contributed by atoms with E-state index in [2.05, 4.69) is 27.6 Å². The highest BCUT2D eigenvalue weighted by Crippen LogP contribution is 2.36. The summed E-state index contributed by atoms with van der Waals surface area (Å²) < 4.78 is 1.88. The number of aromatic nitrogens is 2. The fraction of sp³-hybridized carbons (Fsp3) is 0.455. The molecule has 2 unspecified atom stereocenters. The molecule has 1 fully saturated rings. The van der Waals surface area contributed by atoms with E-state index in [1.54, 1.807) is 4.90 Å². The van der Waals surface area contributed by atoms with Crippen LogP contribution in [0.15, 0.2) is 18.2 Å². The first-order chi connectivity index (χ1) is 14.8. The Bertz CT molecular complexity index is 1110. The van der Waals surface area contributed by atoms with Gasteiger partial charge in [-0.1, -0.05) is 18.2 Å². The second-order valence-electron chi connectivity index (χ2n) is 8.62. The molecule has 1 aromatic heterocycles. The van der Waals surface area contributed by atoms with Gasteiger partial charge in [-0.25, -0.2) is 0 Å². The molecule has 1 saturated heterocycles. The summed E-state index contributed by atoms with van der Waals surface area (Å²) in [5.74, 6) is 0.219. The highest BCUT2D eigenvalue weighted by Gasteiger charge is 2.40. The Morgan fingerprint density at radius 1 is 1.23 bits per heavy atom. The number of nitrogens with one attached hydrogen (secondary N) is 2. The normalized spacial score (nSPS) is 22.9. The van der Waals surface area contributed by atoms with Gasteiger partial charge in [0.1, 0.15) is 11.7 Å². The lowest BCUT2D eigenvalue weighted by atomic mass is 10.0. The highest BCUT2D eigenvalue weighted by molar-refractivity contribution is 6.06. The van der Waals surface area contributed by atoms with Crippen molar-refractivity contribution in [1.82, 2.24) is 20.0 Å². The smallest absolute Gasteiger partial charge is 0.255 e. The van der Waals surface area contributed by atoms with Gasteiger partial charge in [0.05, 0.1) is 5.69 Å². The van der Waals surface area contributed by atoms with Crippen molar-refractivity contribution in [2.45, 2.75) is 51.9 Å². The standard InChI is InChI=1S/C22H26N6O3/c1-12-9-23-19-13(2)25-26(3)21(19)27(12)10-14-5-4-6-15-11-28(22(31)18(14)15)16-7-8-17(29)24-20(16)30/h4-6,12,16,23H,7-11H2,1-3H3,(H,24,29,30). The van der Waals surface area contributed by atoms with Gasteiger partial charge in [0.2, 0.25) is 11.8 Å². The first-order valence-corrected chi connectivity index (χ1v) is 10.6. The van der Waals surface area contributed by atoms with Crippen LogP contribution in [0.4, 0.5) is 11.5 Å². The minimum absolute atomic E-state index is 0.135. The molecule has 9 nitrogen and oxygen atoms in total. The average Bonchev–Trinajstić information content (AvgIpc) is 3.21. The molecule has 2 aromatic rings.